The summed E-state index contributed by atoms with van der Waals surface area (Å²) in [6, 6.07) is 16.4. The molecule has 0 radical (unpaired) electrons. The molecule has 0 saturated carbocycles. The molecular weight excluding hydrogens is 453 g/mol. The number of rotatable bonds is 4. The zero-order valence-electron chi connectivity index (χ0n) is 18.7. The smallest absolute Gasteiger partial charge is 0.339 e. The molecule has 2 aromatic heterocycles. The molecule has 2 aromatic carbocycles. The van der Waals surface area contributed by atoms with Crippen LogP contribution in [0.4, 0.5) is 30.4 Å². The van der Waals surface area contributed by atoms with Crippen LogP contribution in [0.1, 0.15) is 28.6 Å². The molecule has 6 nitrogen and oxygen atoms in total. The molecule has 9 heteroatoms. The summed E-state index contributed by atoms with van der Waals surface area (Å²) >= 11 is 0. The molecule has 1 atom stereocenters. The number of pyridine rings is 1. The number of fused-ring (bicyclic) bond motifs is 1. The van der Waals surface area contributed by atoms with Gasteiger partial charge in [0.05, 0.1) is 11.3 Å². The van der Waals surface area contributed by atoms with Gasteiger partial charge in [0.2, 0.25) is 0 Å². The van der Waals surface area contributed by atoms with Crippen LogP contribution >= 0.6 is 0 Å². The van der Waals surface area contributed by atoms with E-state index < -0.39 is 17.9 Å². The van der Waals surface area contributed by atoms with Gasteiger partial charge < -0.3 is 16.0 Å². The van der Waals surface area contributed by atoms with E-state index >= 15 is 0 Å². The number of alkyl halides is 3. The van der Waals surface area contributed by atoms with Gasteiger partial charge >= 0.3 is 6.18 Å². The highest BCUT2D eigenvalue weighted by atomic mass is 19.4. The Labute approximate surface area is 200 Å². The summed E-state index contributed by atoms with van der Waals surface area (Å²) in [5.74, 6) is 0.624. The lowest BCUT2D eigenvalue weighted by atomic mass is 9.98. The molecule has 0 saturated heterocycles. The first-order valence-electron chi connectivity index (χ1n) is 10.8. The zero-order chi connectivity index (χ0) is 24.6. The normalized spacial score (nSPS) is 15.1. The van der Waals surface area contributed by atoms with Gasteiger partial charge in [0.25, 0.3) is 0 Å². The number of hydrogen-bond acceptors (Lipinski definition) is 6. The van der Waals surface area contributed by atoms with Crippen LogP contribution in [-0.4, -0.2) is 15.0 Å². The highest BCUT2D eigenvalue weighted by molar-refractivity contribution is 5.82. The minimum Gasteiger partial charge on any atom is -0.339 e. The van der Waals surface area contributed by atoms with Crippen molar-refractivity contribution in [2.45, 2.75) is 19.3 Å². The maximum atomic E-state index is 13.2. The molecule has 0 spiro atoms. The fourth-order valence-electron chi connectivity index (χ4n) is 4.06. The van der Waals surface area contributed by atoms with Gasteiger partial charge in [-0.15, -0.1) is 0 Å². The highest BCUT2D eigenvalue weighted by Gasteiger charge is 2.31. The summed E-state index contributed by atoms with van der Waals surface area (Å²) in [4.78, 5) is 14.6. The van der Waals surface area contributed by atoms with Crippen LogP contribution in [-0.2, 0) is 6.18 Å². The number of aromatic nitrogens is 3. The van der Waals surface area contributed by atoms with Crippen molar-refractivity contribution in [1.82, 2.24) is 15.0 Å². The SMILES string of the molecule is Cc1ccc(-c2ccncn2)c(Nc2cccc3c2C=CN(c2cccc(C(F)(F)F)c2)C3N)n1. The standard InChI is InChI=1S/C26H21F3N6/c1-16-8-9-21(22-10-12-31-15-32-22)25(33-16)34-23-7-3-6-20-19(23)11-13-35(24(20)30)18-5-2-4-17(14-18)26(27,28)29/h2-15,24H,30H2,1H3,(H,33,34). The van der Waals surface area contributed by atoms with Gasteiger partial charge in [0.1, 0.15) is 18.3 Å². The molecule has 0 aliphatic carbocycles. The number of nitrogens with zero attached hydrogens (tertiary/aromatic N) is 4. The number of halogens is 3. The third-order valence-corrected chi connectivity index (χ3v) is 5.78. The maximum absolute atomic E-state index is 13.2. The first-order chi connectivity index (χ1) is 16.8. The largest absolute Gasteiger partial charge is 0.416 e. The monoisotopic (exact) mass is 474 g/mol. The van der Waals surface area contributed by atoms with Gasteiger partial charge in [0, 0.05) is 40.6 Å². The number of hydrogen-bond donors (Lipinski definition) is 2. The second kappa shape index (κ2) is 8.84. The van der Waals surface area contributed by atoms with Crippen molar-refractivity contribution in [1.29, 1.82) is 0 Å². The van der Waals surface area contributed by atoms with Crippen LogP contribution in [0.3, 0.4) is 0 Å². The predicted molar refractivity (Wildman–Crippen MR) is 130 cm³/mol. The average molecular weight is 474 g/mol. The van der Waals surface area contributed by atoms with Gasteiger partial charge in [-0.25, -0.2) is 15.0 Å². The van der Waals surface area contributed by atoms with Crippen molar-refractivity contribution in [2.24, 2.45) is 5.73 Å². The lowest BCUT2D eigenvalue weighted by molar-refractivity contribution is -0.137. The summed E-state index contributed by atoms with van der Waals surface area (Å²) in [6.45, 7) is 1.90. The van der Waals surface area contributed by atoms with Crippen LogP contribution in [0.5, 0.6) is 0 Å². The highest BCUT2D eigenvalue weighted by Crippen LogP contribution is 2.38. The fraction of sp³-hybridized carbons (Fsp3) is 0.115. The summed E-state index contributed by atoms with van der Waals surface area (Å²) in [7, 11) is 0. The molecule has 1 aliphatic rings. The van der Waals surface area contributed by atoms with Crippen molar-refractivity contribution in [2.75, 3.05) is 10.2 Å². The Bertz CT molecular complexity index is 1400. The molecule has 35 heavy (non-hydrogen) atoms. The third kappa shape index (κ3) is 4.45. The van der Waals surface area contributed by atoms with E-state index in [0.29, 0.717) is 11.5 Å². The van der Waals surface area contributed by atoms with E-state index in [1.54, 1.807) is 29.4 Å². The predicted octanol–water partition coefficient (Wildman–Crippen LogP) is 6.06. The Morgan fingerprint density at radius 3 is 2.63 bits per heavy atom. The second-order valence-electron chi connectivity index (χ2n) is 8.09. The molecule has 3 heterocycles. The van der Waals surface area contributed by atoms with E-state index in [9.17, 15) is 13.2 Å². The van der Waals surface area contributed by atoms with Crippen molar-refractivity contribution in [3.8, 4) is 11.3 Å². The Balaban J connectivity index is 1.51. The first kappa shape index (κ1) is 22.5. The van der Waals surface area contributed by atoms with Gasteiger partial charge in [-0.3, -0.25) is 0 Å². The zero-order valence-corrected chi connectivity index (χ0v) is 18.7. The lowest BCUT2D eigenvalue weighted by Crippen LogP contribution is -2.33. The van der Waals surface area contributed by atoms with Crippen LogP contribution in [0.15, 0.2) is 79.4 Å². The van der Waals surface area contributed by atoms with Crippen molar-refractivity contribution < 1.29 is 13.2 Å². The fourth-order valence-corrected chi connectivity index (χ4v) is 4.06. The Morgan fingerprint density at radius 1 is 1.03 bits per heavy atom. The molecule has 0 bridgehead atoms. The van der Waals surface area contributed by atoms with E-state index in [1.165, 1.54) is 12.4 Å². The van der Waals surface area contributed by atoms with Crippen LogP contribution < -0.4 is 16.0 Å². The summed E-state index contributed by atoms with van der Waals surface area (Å²) in [5.41, 5.74) is 10.9. The molecule has 176 valence electrons. The molecule has 4 aromatic rings. The van der Waals surface area contributed by atoms with E-state index in [0.717, 1.165) is 45.9 Å². The molecule has 5 rings (SSSR count). The molecular formula is C26H21F3N6. The average Bonchev–Trinajstić information content (AvgIpc) is 2.85. The third-order valence-electron chi connectivity index (χ3n) is 5.78. The van der Waals surface area contributed by atoms with Gasteiger partial charge in [-0.2, -0.15) is 13.2 Å². The van der Waals surface area contributed by atoms with Gasteiger partial charge in [-0.1, -0.05) is 18.2 Å². The summed E-state index contributed by atoms with van der Waals surface area (Å²) in [5, 5.41) is 3.40. The molecule has 0 fully saturated rings. The molecule has 3 N–H and O–H groups in total. The number of benzene rings is 2. The Morgan fingerprint density at radius 2 is 1.86 bits per heavy atom. The molecule has 0 amide bonds. The molecule has 1 unspecified atom stereocenters. The maximum Gasteiger partial charge on any atom is 0.416 e. The van der Waals surface area contributed by atoms with Gasteiger partial charge in [0.15, 0.2) is 0 Å². The first-order valence-corrected chi connectivity index (χ1v) is 10.8. The van der Waals surface area contributed by atoms with Crippen molar-refractivity contribution in [3.05, 3.63) is 102 Å². The number of anilines is 3. The number of nitrogens with one attached hydrogen (secondary N) is 1. The van der Waals surface area contributed by atoms with E-state index in [1.807, 2.05) is 43.3 Å². The quantitative estimate of drug-likeness (QED) is 0.374. The van der Waals surface area contributed by atoms with Crippen LogP contribution in [0.2, 0.25) is 0 Å². The van der Waals surface area contributed by atoms with E-state index in [2.05, 4.69) is 20.3 Å². The molecule has 1 aliphatic heterocycles. The summed E-state index contributed by atoms with van der Waals surface area (Å²) in [6.07, 6.45) is 1.57. The number of aryl methyl sites for hydroxylation is 1. The minimum atomic E-state index is -4.43. The minimum absolute atomic E-state index is 0.360. The van der Waals surface area contributed by atoms with Crippen molar-refractivity contribution >= 4 is 23.3 Å². The summed E-state index contributed by atoms with van der Waals surface area (Å²) < 4.78 is 39.7. The van der Waals surface area contributed by atoms with Crippen LogP contribution in [0, 0.1) is 6.92 Å². The topological polar surface area (TPSA) is 80.0 Å². The Kier molecular flexibility index (Phi) is 5.70. The van der Waals surface area contributed by atoms with Crippen LogP contribution in [0.25, 0.3) is 17.3 Å². The van der Waals surface area contributed by atoms with Crippen molar-refractivity contribution in [3.63, 3.8) is 0 Å². The second-order valence-corrected chi connectivity index (χ2v) is 8.09. The Hall–Kier alpha value is -4.24. The number of nitrogens with two attached hydrogens (primary N) is 1. The van der Waals surface area contributed by atoms with E-state index in [4.69, 9.17) is 5.73 Å². The van der Waals surface area contributed by atoms with E-state index in [-0.39, 0.29) is 0 Å². The van der Waals surface area contributed by atoms with Gasteiger partial charge in [-0.05, 0) is 61.0 Å². The lowest BCUT2D eigenvalue weighted by Gasteiger charge is -2.33.